The third kappa shape index (κ3) is 4.24. The Balaban J connectivity index is 2.07. The molecule has 1 aromatic carbocycles. The lowest BCUT2D eigenvalue weighted by Crippen LogP contribution is -3.17. The molecular weight excluding hydrogens is 234 g/mol. The molecule has 1 aliphatic heterocycles. The van der Waals surface area contributed by atoms with Gasteiger partial charge in [0, 0.05) is 12.0 Å². The fourth-order valence-corrected chi connectivity index (χ4v) is 2.28. The van der Waals surface area contributed by atoms with Crippen LogP contribution in [-0.4, -0.2) is 32.3 Å². The molecule has 0 bridgehead atoms. The van der Waals surface area contributed by atoms with Gasteiger partial charge in [-0.15, -0.1) is 6.58 Å². The van der Waals surface area contributed by atoms with Crippen LogP contribution in [-0.2, 0) is 4.74 Å². The molecule has 0 spiro atoms. The number of morpholine rings is 1. The third-order valence-electron chi connectivity index (χ3n) is 3.47. The first-order valence-electron chi connectivity index (χ1n) is 6.91. The number of ether oxygens (including phenoxy) is 1. The highest BCUT2D eigenvalue weighted by Crippen LogP contribution is 2.01. The molecule has 1 saturated heterocycles. The van der Waals surface area contributed by atoms with E-state index in [0.29, 0.717) is 6.04 Å². The van der Waals surface area contributed by atoms with Crippen molar-refractivity contribution in [3.8, 4) is 11.8 Å². The quantitative estimate of drug-likeness (QED) is 0.634. The average Bonchev–Trinajstić information content (AvgIpc) is 2.46. The van der Waals surface area contributed by atoms with E-state index in [9.17, 15) is 0 Å². The largest absolute Gasteiger partial charge is 0.370 e. The Morgan fingerprint density at radius 3 is 2.63 bits per heavy atom. The lowest BCUT2D eigenvalue weighted by molar-refractivity contribution is -0.924. The van der Waals surface area contributed by atoms with Gasteiger partial charge in [-0.3, -0.25) is 0 Å². The molecule has 0 radical (unpaired) electrons. The Kier molecular flexibility index (Phi) is 5.20. The summed E-state index contributed by atoms with van der Waals surface area (Å²) in [5.74, 6) is 6.71. The SMILES string of the molecule is C=CC[C@H](C#Cc1ccc(C)cc1)[NH+]1CCOCC1. The topological polar surface area (TPSA) is 13.7 Å². The minimum atomic E-state index is 0.336. The zero-order valence-electron chi connectivity index (χ0n) is 11.6. The van der Waals surface area contributed by atoms with Crippen LogP contribution in [0.15, 0.2) is 36.9 Å². The van der Waals surface area contributed by atoms with Crippen molar-refractivity contribution < 1.29 is 9.64 Å². The predicted molar refractivity (Wildman–Crippen MR) is 78.2 cm³/mol. The van der Waals surface area contributed by atoms with E-state index in [4.69, 9.17) is 4.74 Å². The van der Waals surface area contributed by atoms with Gasteiger partial charge in [-0.1, -0.05) is 29.7 Å². The van der Waals surface area contributed by atoms with Gasteiger partial charge in [-0.2, -0.15) is 0 Å². The lowest BCUT2D eigenvalue weighted by Gasteiger charge is -2.27. The third-order valence-corrected chi connectivity index (χ3v) is 3.47. The van der Waals surface area contributed by atoms with Gasteiger partial charge in [0.05, 0.1) is 13.2 Å². The maximum Gasteiger partial charge on any atom is 0.153 e. The summed E-state index contributed by atoms with van der Waals surface area (Å²) in [5.41, 5.74) is 2.36. The van der Waals surface area contributed by atoms with Gasteiger partial charge in [0.1, 0.15) is 13.1 Å². The second kappa shape index (κ2) is 7.13. The highest BCUT2D eigenvalue weighted by Gasteiger charge is 2.21. The van der Waals surface area contributed by atoms with E-state index in [-0.39, 0.29) is 0 Å². The number of benzene rings is 1. The summed E-state index contributed by atoms with van der Waals surface area (Å²) in [7, 11) is 0. The van der Waals surface area contributed by atoms with E-state index in [1.165, 1.54) is 10.5 Å². The van der Waals surface area contributed by atoms with Crippen LogP contribution in [0.4, 0.5) is 0 Å². The van der Waals surface area contributed by atoms with Crippen molar-refractivity contribution in [1.82, 2.24) is 0 Å². The molecule has 1 fully saturated rings. The summed E-state index contributed by atoms with van der Waals surface area (Å²) in [5, 5.41) is 0. The van der Waals surface area contributed by atoms with E-state index in [2.05, 4.69) is 49.6 Å². The monoisotopic (exact) mass is 256 g/mol. The Morgan fingerprint density at radius 1 is 1.32 bits per heavy atom. The number of nitrogens with one attached hydrogen (secondary N) is 1. The average molecular weight is 256 g/mol. The summed E-state index contributed by atoms with van der Waals surface area (Å²) in [6.07, 6.45) is 2.91. The normalized spacial score (nSPS) is 17.3. The second-order valence-electron chi connectivity index (χ2n) is 4.98. The fraction of sp³-hybridized carbons (Fsp3) is 0.412. The number of quaternary nitrogens is 1. The molecule has 100 valence electrons. The number of hydrogen-bond acceptors (Lipinski definition) is 1. The first-order chi connectivity index (χ1) is 9.29. The minimum absolute atomic E-state index is 0.336. The molecular formula is C17H22NO+. The Bertz CT molecular complexity index is 460. The summed E-state index contributed by atoms with van der Waals surface area (Å²) >= 11 is 0. The van der Waals surface area contributed by atoms with Crippen LogP contribution in [0.1, 0.15) is 17.5 Å². The summed E-state index contributed by atoms with van der Waals surface area (Å²) in [6.45, 7) is 9.71. The molecule has 0 aliphatic carbocycles. The molecule has 1 N–H and O–H groups in total. The summed E-state index contributed by atoms with van der Waals surface area (Å²) < 4.78 is 5.41. The van der Waals surface area contributed by atoms with Crippen LogP contribution < -0.4 is 4.90 Å². The molecule has 0 unspecified atom stereocenters. The number of hydrogen-bond donors (Lipinski definition) is 1. The van der Waals surface area contributed by atoms with Crippen LogP contribution in [0, 0.1) is 18.8 Å². The molecule has 0 aromatic heterocycles. The standard InChI is InChI=1S/C17H21NO/c1-3-4-17(18-11-13-19-14-12-18)10-9-16-7-5-15(2)6-8-16/h3,5-8,17H,1,4,11-14H2,2H3/p+1/t17-/m1/s1. The first kappa shape index (κ1) is 13.9. The molecule has 19 heavy (non-hydrogen) atoms. The van der Waals surface area contributed by atoms with Gasteiger partial charge < -0.3 is 9.64 Å². The first-order valence-corrected chi connectivity index (χ1v) is 6.91. The van der Waals surface area contributed by atoms with Crippen molar-refractivity contribution in [1.29, 1.82) is 0 Å². The molecule has 1 heterocycles. The van der Waals surface area contributed by atoms with Crippen LogP contribution in [0.25, 0.3) is 0 Å². The Labute approximate surface area is 116 Å². The molecule has 1 aliphatic rings. The van der Waals surface area contributed by atoms with Gasteiger partial charge in [0.15, 0.2) is 6.04 Å². The van der Waals surface area contributed by atoms with E-state index in [1.54, 1.807) is 0 Å². The van der Waals surface area contributed by atoms with Crippen molar-refractivity contribution in [2.24, 2.45) is 0 Å². The maximum absolute atomic E-state index is 5.41. The second-order valence-corrected chi connectivity index (χ2v) is 4.98. The lowest BCUT2D eigenvalue weighted by atomic mass is 10.1. The Hall–Kier alpha value is -1.56. The molecule has 2 nitrogen and oxygen atoms in total. The Morgan fingerprint density at radius 2 is 2.00 bits per heavy atom. The van der Waals surface area contributed by atoms with Gasteiger partial charge in [-0.05, 0) is 25.0 Å². The van der Waals surface area contributed by atoms with E-state index in [1.807, 2.05) is 6.08 Å². The highest BCUT2D eigenvalue weighted by molar-refractivity contribution is 5.36. The van der Waals surface area contributed by atoms with E-state index >= 15 is 0 Å². The van der Waals surface area contributed by atoms with E-state index < -0.39 is 0 Å². The number of rotatable bonds is 3. The molecule has 0 saturated carbocycles. The van der Waals surface area contributed by atoms with Crippen LogP contribution in [0.5, 0.6) is 0 Å². The van der Waals surface area contributed by atoms with Crippen molar-refractivity contribution in [2.75, 3.05) is 26.3 Å². The van der Waals surface area contributed by atoms with Crippen LogP contribution in [0.2, 0.25) is 0 Å². The molecule has 0 amide bonds. The molecule has 1 aromatic rings. The zero-order chi connectivity index (χ0) is 13.5. The molecule has 2 rings (SSSR count). The van der Waals surface area contributed by atoms with Gasteiger partial charge in [0.25, 0.3) is 0 Å². The van der Waals surface area contributed by atoms with Crippen molar-refractivity contribution in [3.63, 3.8) is 0 Å². The van der Waals surface area contributed by atoms with E-state index in [0.717, 1.165) is 38.3 Å². The summed E-state index contributed by atoms with van der Waals surface area (Å²) in [4.78, 5) is 1.52. The van der Waals surface area contributed by atoms with Crippen molar-refractivity contribution in [2.45, 2.75) is 19.4 Å². The molecule has 1 atom stereocenters. The van der Waals surface area contributed by atoms with Crippen LogP contribution in [0.3, 0.4) is 0 Å². The smallest absolute Gasteiger partial charge is 0.153 e. The van der Waals surface area contributed by atoms with Gasteiger partial charge >= 0.3 is 0 Å². The summed E-state index contributed by atoms with van der Waals surface area (Å²) in [6, 6.07) is 8.72. The van der Waals surface area contributed by atoms with Crippen molar-refractivity contribution >= 4 is 0 Å². The minimum Gasteiger partial charge on any atom is -0.370 e. The fourth-order valence-electron chi connectivity index (χ4n) is 2.28. The number of aryl methyl sites for hydroxylation is 1. The zero-order valence-corrected chi connectivity index (χ0v) is 11.6. The highest BCUT2D eigenvalue weighted by atomic mass is 16.5. The maximum atomic E-state index is 5.41. The van der Waals surface area contributed by atoms with Crippen LogP contribution >= 0.6 is 0 Å². The predicted octanol–water partition coefficient (Wildman–Crippen LogP) is 1.21. The molecule has 2 heteroatoms. The van der Waals surface area contributed by atoms with Gasteiger partial charge in [0.2, 0.25) is 0 Å². The van der Waals surface area contributed by atoms with Gasteiger partial charge in [-0.25, -0.2) is 0 Å². The van der Waals surface area contributed by atoms with Crippen molar-refractivity contribution in [3.05, 3.63) is 48.0 Å².